The van der Waals surface area contributed by atoms with E-state index in [0.29, 0.717) is 13.2 Å². The zero-order valence-corrected chi connectivity index (χ0v) is 15.4. The first-order valence-corrected chi connectivity index (χ1v) is 8.37. The number of carbonyl (C=O) groups excluding carboxylic acids is 1. The Morgan fingerprint density at radius 2 is 1.96 bits per heavy atom. The van der Waals surface area contributed by atoms with Crippen LogP contribution in [0, 0.1) is 0 Å². The molecule has 0 aliphatic rings. The molecule has 2 aromatic carbocycles. The maximum Gasteiger partial charge on any atom is 0.314 e. The fraction of sp³-hybridized carbons (Fsp3) is 0.250. The molecular formula is C20H23ClN2O3. The summed E-state index contributed by atoms with van der Waals surface area (Å²) in [5, 5.41) is 0.925. The zero-order chi connectivity index (χ0) is 17.6. The number of hydrogen-bond acceptors (Lipinski definition) is 4. The van der Waals surface area contributed by atoms with Gasteiger partial charge in [-0.25, -0.2) is 0 Å². The summed E-state index contributed by atoms with van der Waals surface area (Å²) in [5.74, 6) is -0.0450. The van der Waals surface area contributed by atoms with Crippen molar-refractivity contribution in [2.75, 3.05) is 13.2 Å². The molecule has 0 aliphatic heterocycles. The van der Waals surface area contributed by atoms with E-state index in [1.807, 2.05) is 54.7 Å². The molecule has 0 spiro atoms. The van der Waals surface area contributed by atoms with Gasteiger partial charge >= 0.3 is 5.97 Å². The number of rotatable bonds is 7. The maximum absolute atomic E-state index is 12.2. The molecule has 1 atom stereocenters. The molecule has 0 radical (unpaired) electrons. The highest BCUT2D eigenvalue weighted by atomic mass is 35.5. The summed E-state index contributed by atoms with van der Waals surface area (Å²) in [6, 6.07) is 15.8. The van der Waals surface area contributed by atoms with Gasteiger partial charge in [0, 0.05) is 23.6 Å². The van der Waals surface area contributed by atoms with Gasteiger partial charge in [-0.05, 0) is 36.2 Å². The fourth-order valence-corrected chi connectivity index (χ4v) is 2.83. The van der Waals surface area contributed by atoms with Crippen molar-refractivity contribution in [3.05, 3.63) is 65.9 Å². The molecule has 0 fully saturated rings. The van der Waals surface area contributed by atoms with Crippen LogP contribution in [-0.4, -0.2) is 24.1 Å². The van der Waals surface area contributed by atoms with Gasteiger partial charge in [0.15, 0.2) is 0 Å². The van der Waals surface area contributed by atoms with Crippen molar-refractivity contribution in [2.24, 2.45) is 5.73 Å². The predicted octanol–water partition coefficient (Wildman–Crippen LogP) is 3.77. The van der Waals surface area contributed by atoms with E-state index in [1.54, 1.807) is 6.92 Å². The molecule has 1 aromatic heterocycles. The maximum atomic E-state index is 12.2. The zero-order valence-electron chi connectivity index (χ0n) is 14.6. The highest BCUT2D eigenvalue weighted by molar-refractivity contribution is 5.91. The van der Waals surface area contributed by atoms with Crippen LogP contribution in [0.1, 0.15) is 24.0 Å². The standard InChI is InChI=1S/C20H22N2O3.ClH/c1-2-24-20(23)17(11-21)18-12-22-19-9-8-15(10-16(18)19)25-13-14-6-4-3-5-7-14;/h3-10,12,17,22H,2,11,13,21H2,1H3;1H/t17-;/m0./s1. The molecule has 3 N–H and O–H groups in total. The summed E-state index contributed by atoms with van der Waals surface area (Å²) < 4.78 is 11.0. The van der Waals surface area contributed by atoms with Crippen molar-refractivity contribution in [1.82, 2.24) is 4.98 Å². The van der Waals surface area contributed by atoms with Crippen molar-refractivity contribution >= 4 is 29.3 Å². The van der Waals surface area contributed by atoms with Gasteiger partial charge in [0.25, 0.3) is 0 Å². The van der Waals surface area contributed by atoms with Gasteiger partial charge in [-0.15, -0.1) is 12.4 Å². The van der Waals surface area contributed by atoms with E-state index in [4.69, 9.17) is 15.2 Å². The number of aromatic nitrogens is 1. The Bertz CT molecular complexity index is 849. The van der Waals surface area contributed by atoms with E-state index < -0.39 is 5.92 Å². The minimum absolute atomic E-state index is 0. The topological polar surface area (TPSA) is 77.3 Å². The monoisotopic (exact) mass is 374 g/mol. The average molecular weight is 375 g/mol. The average Bonchev–Trinajstić information content (AvgIpc) is 3.05. The summed E-state index contributed by atoms with van der Waals surface area (Å²) in [6.45, 7) is 2.81. The van der Waals surface area contributed by atoms with Crippen LogP contribution in [-0.2, 0) is 16.1 Å². The van der Waals surface area contributed by atoms with E-state index in [9.17, 15) is 4.79 Å². The summed E-state index contributed by atoms with van der Waals surface area (Å²) in [6.07, 6.45) is 1.82. The second-order valence-electron chi connectivity index (χ2n) is 5.77. The van der Waals surface area contributed by atoms with Crippen molar-refractivity contribution in [2.45, 2.75) is 19.4 Å². The summed E-state index contributed by atoms with van der Waals surface area (Å²) in [5.41, 5.74) is 8.68. The lowest BCUT2D eigenvalue weighted by molar-refractivity contribution is -0.144. The van der Waals surface area contributed by atoms with Gasteiger partial charge in [0.2, 0.25) is 0 Å². The third kappa shape index (κ3) is 4.36. The number of benzene rings is 2. The number of H-pyrrole nitrogens is 1. The lowest BCUT2D eigenvalue weighted by atomic mass is 9.98. The van der Waals surface area contributed by atoms with Crippen LogP contribution >= 0.6 is 12.4 Å². The van der Waals surface area contributed by atoms with E-state index in [1.165, 1.54) is 0 Å². The van der Waals surface area contributed by atoms with E-state index in [0.717, 1.165) is 27.8 Å². The summed E-state index contributed by atoms with van der Waals surface area (Å²) >= 11 is 0. The van der Waals surface area contributed by atoms with Crippen LogP contribution in [0.4, 0.5) is 0 Å². The molecule has 0 saturated heterocycles. The van der Waals surface area contributed by atoms with Crippen molar-refractivity contribution in [3.8, 4) is 5.75 Å². The second-order valence-corrected chi connectivity index (χ2v) is 5.77. The number of halogens is 1. The molecule has 138 valence electrons. The molecule has 0 aliphatic carbocycles. The molecule has 1 heterocycles. The lowest BCUT2D eigenvalue weighted by Gasteiger charge is -2.13. The second kappa shape index (κ2) is 9.27. The van der Waals surface area contributed by atoms with Crippen molar-refractivity contribution in [3.63, 3.8) is 0 Å². The Kier molecular flexibility index (Phi) is 7.06. The number of esters is 1. The summed E-state index contributed by atoms with van der Waals surface area (Å²) in [4.78, 5) is 15.3. The molecule has 5 nitrogen and oxygen atoms in total. The smallest absolute Gasteiger partial charge is 0.314 e. The molecule has 26 heavy (non-hydrogen) atoms. The van der Waals surface area contributed by atoms with Gasteiger partial charge in [0.1, 0.15) is 12.4 Å². The Hall–Kier alpha value is -2.50. The predicted molar refractivity (Wildman–Crippen MR) is 105 cm³/mol. The number of fused-ring (bicyclic) bond motifs is 1. The number of aromatic amines is 1. The Morgan fingerprint density at radius 1 is 1.19 bits per heavy atom. The van der Waals surface area contributed by atoms with Gasteiger partial charge < -0.3 is 20.2 Å². The van der Waals surface area contributed by atoms with Crippen LogP contribution in [0.3, 0.4) is 0 Å². The third-order valence-corrected chi connectivity index (χ3v) is 4.12. The van der Waals surface area contributed by atoms with Gasteiger partial charge in [-0.1, -0.05) is 30.3 Å². The molecule has 0 amide bonds. The molecule has 0 saturated carbocycles. The number of nitrogens with two attached hydrogens (primary N) is 1. The van der Waals surface area contributed by atoms with Crippen molar-refractivity contribution in [1.29, 1.82) is 0 Å². The van der Waals surface area contributed by atoms with Crippen LogP contribution in [0.15, 0.2) is 54.7 Å². The molecule has 0 unspecified atom stereocenters. The molecule has 6 heteroatoms. The first kappa shape index (κ1) is 19.8. The van der Waals surface area contributed by atoms with Crippen LogP contribution in [0.2, 0.25) is 0 Å². The number of nitrogens with one attached hydrogen (secondary N) is 1. The SMILES string of the molecule is CCOC(=O)[C@@H](CN)c1c[nH]c2ccc(OCc3ccccc3)cc12.Cl. The summed E-state index contributed by atoms with van der Waals surface area (Å²) in [7, 11) is 0. The molecule has 0 bridgehead atoms. The van der Waals surface area contributed by atoms with Gasteiger partial charge in [-0.3, -0.25) is 4.79 Å². The first-order valence-electron chi connectivity index (χ1n) is 8.37. The Labute approximate surface area is 158 Å². The van der Waals surface area contributed by atoms with E-state index in [-0.39, 0.29) is 24.9 Å². The minimum Gasteiger partial charge on any atom is -0.489 e. The molecule has 3 aromatic rings. The van der Waals surface area contributed by atoms with Crippen molar-refractivity contribution < 1.29 is 14.3 Å². The van der Waals surface area contributed by atoms with E-state index in [2.05, 4.69) is 4.98 Å². The largest absolute Gasteiger partial charge is 0.489 e. The minimum atomic E-state index is -0.488. The number of carbonyl (C=O) groups is 1. The van der Waals surface area contributed by atoms with Gasteiger partial charge in [-0.2, -0.15) is 0 Å². The first-order chi connectivity index (χ1) is 12.2. The Morgan fingerprint density at radius 3 is 2.65 bits per heavy atom. The molecular weight excluding hydrogens is 352 g/mol. The molecule has 3 rings (SSSR count). The number of ether oxygens (including phenoxy) is 2. The number of hydrogen-bond donors (Lipinski definition) is 2. The van der Waals surface area contributed by atoms with Crippen LogP contribution < -0.4 is 10.5 Å². The Balaban J connectivity index is 0.00000243. The highest BCUT2D eigenvalue weighted by Crippen LogP contribution is 2.29. The normalized spacial score (nSPS) is 11.6. The third-order valence-electron chi connectivity index (χ3n) is 4.12. The lowest BCUT2D eigenvalue weighted by Crippen LogP contribution is -2.23. The highest BCUT2D eigenvalue weighted by Gasteiger charge is 2.23. The van der Waals surface area contributed by atoms with E-state index >= 15 is 0 Å². The quantitative estimate of drug-likeness (QED) is 0.617. The van der Waals surface area contributed by atoms with Crippen LogP contribution in [0.25, 0.3) is 10.9 Å². The fourth-order valence-electron chi connectivity index (χ4n) is 2.83. The van der Waals surface area contributed by atoms with Crippen LogP contribution in [0.5, 0.6) is 5.75 Å². The van der Waals surface area contributed by atoms with Gasteiger partial charge in [0.05, 0.1) is 12.5 Å².